The summed E-state index contributed by atoms with van der Waals surface area (Å²) in [5.74, 6) is -4.54. The lowest BCUT2D eigenvalue weighted by molar-refractivity contribution is -0.317. The highest BCUT2D eigenvalue weighted by Crippen LogP contribution is 2.48. The summed E-state index contributed by atoms with van der Waals surface area (Å²) in [4.78, 5) is 12.1. The van der Waals surface area contributed by atoms with E-state index >= 15 is 0 Å². The van der Waals surface area contributed by atoms with Crippen molar-refractivity contribution in [3.05, 3.63) is 52.0 Å². The molecule has 2 aromatic carbocycles. The van der Waals surface area contributed by atoms with Crippen LogP contribution < -0.4 is 20.1 Å². The fourth-order valence-electron chi connectivity index (χ4n) is 2.32. The van der Waals surface area contributed by atoms with E-state index < -0.39 is 47.0 Å². The largest absolute Gasteiger partial charge is 0.492 e. The maximum atomic E-state index is 13.6. The maximum absolute atomic E-state index is 13.6. The molecule has 13 heteroatoms. The van der Waals surface area contributed by atoms with Crippen molar-refractivity contribution in [2.24, 2.45) is 0 Å². The number of rotatable bonds is 2. The average Bonchev–Trinajstić information content (AvgIpc) is 2.92. The minimum Gasteiger partial charge on any atom is -0.424 e. The van der Waals surface area contributed by atoms with E-state index in [1.807, 2.05) is 5.32 Å². The monoisotopic (exact) mass is 460 g/mol. The van der Waals surface area contributed by atoms with Gasteiger partial charge in [-0.3, -0.25) is 5.32 Å². The van der Waals surface area contributed by atoms with Crippen LogP contribution >= 0.6 is 23.2 Å². The fraction of sp³-hybridized carbons (Fsp3) is 0.188. The number of anilines is 1. The summed E-state index contributed by atoms with van der Waals surface area (Å²) >= 11 is 11.4. The molecule has 0 saturated carbocycles. The van der Waals surface area contributed by atoms with Crippen LogP contribution in [0.2, 0.25) is 10.0 Å². The molecular weight excluding hydrogens is 453 g/mol. The molecule has 0 bridgehead atoms. The first-order valence-corrected chi connectivity index (χ1v) is 8.26. The quantitative estimate of drug-likeness (QED) is 0.555. The summed E-state index contributed by atoms with van der Waals surface area (Å²) in [5, 5.41) is 3.05. The maximum Gasteiger partial charge on any atom is 0.492 e. The zero-order valence-corrected chi connectivity index (χ0v) is 15.2. The molecule has 0 unspecified atom stereocenters. The minimum atomic E-state index is -5.28. The number of fused-ring (bicyclic) bond motifs is 1. The highest BCUT2D eigenvalue weighted by Gasteiger charge is 2.66. The number of halogens is 8. The van der Waals surface area contributed by atoms with Crippen LogP contribution in [-0.2, 0) is 6.18 Å². The Morgan fingerprint density at radius 2 is 1.48 bits per heavy atom. The second-order valence-electron chi connectivity index (χ2n) is 5.69. The lowest BCUT2D eigenvalue weighted by atomic mass is 10.2. The number of carbonyl (C=O) groups is 1. The van der Waals surface area contributed by atoms with E-state index in [1.54, 1.807) is 0 Å². The molecule has 29 heavy (non-hydrogen) atoms. The van der Waals surface area contributed by atoms with Crippen LogP contribution in [0, 0.1) is 0 Å². The molecule has 5 nitrogen and oxygen atoms in total. The normalized spacial score (nSPS) is 15.2. The number of amides is 2. The lowest BCUT2D eigenvalue weighted by Gasteiger charge is -2.29. The van der Waals surface area contributed by atoms with Crippen molar-refractivity contribution in [2.45, 2.75) is 18.3 Å². The van der Waals surface area contributed by atoms with Gasteiger partial charge in [-0.05, 0) is 18.2 Å². The van der Waals surface area contributed by atoms with Crippen molar-refractivity contribution in [1.82, 2.24) is 5.32 Å². The molecule has 0 saturated heterocycles. The van der Waals surface area contributed by atoms with Gasteiger partial charge in [-0.1, -0.05) is 29.3 Å². The Bertz CT molecular complexity index is 934. The van der Waals surface area contributed by atoms with E-state index in [0.29, 0.717) is 6.07 Å². The number of benzene rings is 2. The molecule has 1 aliphatic rings. The van der Waals surface area contributed by atoms with E-state index in [0.717, 1.165) is 30.3 Å². The molecule has 3 rings (SSSR count). The minimum absolute atomic E-state index is 0.125. The molecule has 0 radical (unpaired) electrons. The van der Waals surface area contributed by atoms with Crippen LogP contribution in [0.4, 0.5) is 36.8 Å². The van der Waals surface area contributed by atoms with Gasteiger partial charge in [0, 0.05) is 17.8 Å². The van der Waals surface area contributed by atoms with Crippen LogP contribution in [0.1, 0.15) is 5.56 Å². The summed E-state index contributed by atoms with van der Waals surface area (Å²) in [6.07, 6.45) is -9.99. The molecular formula is C16H8Cl2F6N2O3. The Hall–Kier alpha value is -2.53. The first-order chi connectivity index (χ1) is 13.3. The number of hydrogen-bond donors (Lipinski definition) is 2. The Balaban J connectivity index is 1.83. The van der Waals surface area contributed by atoms with Gasteiger partial charge in [0.2, 0.25) is 0 Å². The van der Waals surface area contributed by atoms with Crippen molar-refractivity contribution >= 4 is 34.9 Å². The predicted molar refractivity (Wildman–Crippen MR) is 90.1 cm³/mol. The molecule has 2 amide bonds. The standard InChI is InChI=1S/C16H8Cl2F6N2O3/c17-9-5-11-12(6-10(9)18)29-16(28-11,15(22,23)24)26-13(27)25-8-3-1-2-7(4-8)14(19,20)21/h1-6H,(H2,25,26,27). The molecule has 2 N–H and O–H groups in total. The van der Waals surface area contributed by atoms with E-state index in [4.69, 9.17) is 32.7 Å². The van der Waals surface area contributed by atoms with Crippen LogP contribution in [0.25, 0.3) is 0 Å². The van der Waals surface area contributed by atoms with Crippen LogP contribution in [0.3, 0.4) is 0 Å². The molecule has 0 atom stereocenters. The van der Waals surface area contributed by atoms with Crippen molar-refractivity contribution in [3.8, 4) is 11.5 Å². The van der Waals surface area contributed by atoms with Crippen molar-refractivity contribution in [1.29, 1.82) is 0 Å². The zero-order valence-electron chi connectivity index (χ0n) is 13.7. The van der Waals surface area contributed by atoms with Crippen molar-refractivity contribution in [3.63, 3.8) is 0 Å². The third kappa shape index (κ3) is 4.25. The first kappa shape index (κ1) is 21.2. The van der Waals surface area contributed by atoms with Gasteiger partial charge in [0.15, 0.2) is 11.5 Å². The molecule has 1 heterocycles. The van der Waals surface area contributed by atoms with Crippen molar-refractivity contribution in [2.75, 3.05) is 5.32 Å². The van der Waals surface area contributed by atoms with Gasteiger partial charge in [0.25, 0.3) is 0 Å². The van der Waals surface area contributed by atoms with E-state index in [2.05, 4.69) is 0 Å². The van der Waals surface area contributed by atoms with Gasteiger partial charge in [0.1, 0.15) is 0 Å². The molecule has 0 aromatic heterocycles. The molecule has 156 valence electrons. The topological polar surface area (TPSA) is 59.6 Å². The molecule has 2 aromatic rings. The van der Waals surface area contributed by atoms with Crippen LogP contribution in [0.5, 0.6) is 11.5 Å². The SMILES string of the molecule is O=C(Nc1cccc(C(F)(F)F)c1)NC1(C(F)(F)F)Oc2cc(Cl)c(Cl)cc2O1. The number of urea groups is 1. The third-order valence-electron chi connectivity index (χ3n) is 3.59. The molecule has 0 spiro atoms. The summed E-state index contributed by atoms with van der Waals surface area (Å²) in [5.41, 5.74) is -1.51. The second kappa shape index (κ2) is 7.06. The molecule has 0 fully saturated rings. The van der Waals surface area contributed by atoms with E-state index in [-0.39, 0.29) is 10.0 Å². The summed E-state index contributed by atoms with van der Waals surface area (Å²) in [6.45, 7) is 0. The second-order valence-corrected chi connectivity index (χ2v) is 6.50. The Kier molecular flexibility index (Phi) is 5.16. The summed E-state index contributed by atoms with van der Waals surface area (Å²) < 4.78 is 88.4. The van der Waals surface area contributed by atoms with Crippen LogP contribution in [-0.4, -0.2) is 18.1 Å². The van der Waals surface area contributed by atoms with Gasteiger partial charge in [-0.2, -0.15) is 26.3 Å². The van der Waals surface area contributed by atoms with E-state index in [9.17, 15) is 31.1 Å². The van der Waals surface area contributed by atoms with E-state index in [1.165, 1.54) is 5.32 Å². The number of alkyl halides is 6. The average molecular weight is 461 g/mol. The fourth-order valence-corrected chi connectivity index (χ4v) is 2.63. The summed E-state index contributed by atoms with van der Waals surface area (Å²) in [6, 6.07) is 3.68. The molecule has 0 aliphatic carbocycles. The Morgan fingerprint density at radius 3 is 1.97 bits per heavy atom. The number of nitrogens with one attached hydrogen (secondary N) is 2. The number of hydrogen-bond acceptors (Lipinski definition) is 3. The van der Waals surface area contributed by atoms with Gasteiger partial charge in [0.05, 0.1) is 15.6 Å². The number of ether oxygens (including phenoxy) is 2. The van der Waals surface area contributed by atoms with Gasteiger partial charge >= 0.3 is 24.3 Å². The molecule has 1 aliphatic heterocycles. The summed E-state index contributed by atoms with van der Waals surface area (Å²) in [7, 11) is 0. The number of carbonyl (C=O) groups excluding carboxylic acids is 1. The highest BCUT2D eigenvalue weighted by molar-refractivity contribution is 6.42. The Morgan fingerprint density at radius 1 is 0.931 bits per heavy atom. The smallest absolute Gasteiger partial charge is 0.424 e. The van der Waals surface area contributed by atoms with Gasteiger partial charge in [-0.25, -0.2) is 4.79 Å². The zero-order chi connectivity index (χ0) is 21.6. The van der Waals surface area contributed by atoms with Crippen LogP contribution in [0.15, 0.2) is 36.4 Å². The first-order valence-electron chi connectivity index (χ1n) is 7.51. The predicted octanol–water partition coefficient (Wildman–Crippen LogP) is 5.82. The lowest BCUT2D eigenvalue weighted by Crippen LogP contribution is -2.65. The highest BCUT2D eigenvalue weighted by atomic mass is 35.5. The Labute approximate surface area is 168 Å². The van der Waals surface area contributed by atoms with Gasteiger partial charge < -0.3 is 14.8 Å². The van der Waals surface area contributed by atoms with Crippen molar-refractivity contribution < 1.29 is 40.6 Å². The third-order valence-corrected chi connectivity index (χ3v) is 4.32. The van der Waals surface area contributed by atoms with Gasteiger partial charge in [-0.15, -0.1) is 0 Å².